The standard InChI is InChI=1S/C17H24N2O5S/c1-11(2)8-9-25-14-7-6-12(10-13(14)19(22)23)15(20)18-17(3,4)16(21)24-5/h6-7,10-11H,8-9H2,1-5H3,(H,18,20). The Hall–Kier alpha value is -2.09. The van der Waals surface area contributed by atoms with Crippen LogP contribution in [0, 0.1) is 16.0 Å². The van der Waals surface area contributed by atoms with Crippen LogP contribution in [0.2, 0.25) is 0 Å². The smallest absolute Gasteiger partial charge is 0.330 e. The molecule has 0 aliphatic carbocycles. The zero-order valence-corrected chi connectivity index (χ0v) is 15.9. The Labute approximate surface area is 151 Å². The van der Waals surface area contributed by atoms with Gasteiger partial charge in [0.2, 0.25) is 0 Å². The number of carbonyl (C=O) groups excluding carboxylic acids is 2. The van der Waals surface area contributed by atoms with Gasteiger partial charge in [-0.05, 0) is 44.1 Å². The maximum atomic E-state index is 12.3. The monoisotopic (exact) mass is 368 g/mol. The molecule has 0 fully saturated rings. The fourth-order valence-corrected chi connectivity index (χ4v) is 3.24. The molecule has 0 radical (unpaired) electrons. The maximum absolute atomic E-state index is 12.3. The van der Waals surface area contributed by atoms with Gasteiger partial charge in [0.1, 0.15) is 5.54 Å². The van der Waals surface area contributed by atoms with E-state index in [2.05, 4.69) is 23.9 Å². The van der Waals surface area contributed by atoms with E-state index in [1.807, 2.05) is 0 Å². The normalized spacial score (nSPS) is 11.3. The van der Waals surface area contributed by atoms with Gasteiger partial charge in [-0.1, -0.05) is 13.8 Å². The molecule has 25 heavy (non-hydrogen) atoms. The summed E-state index contributed by atoms with van der Waals surface area (Å²) in [5.41, 5.74) is -1.22. The average Bonchev–Trinajstić information content (AvgIpc) is 2.53. The molecule has 1 aromatic rings. The summed E-state index contributed by atoms with van der Waals surface area (Å²) in [4.78, 5) is 35.3. The number of ether oxygens (including phenoxy) is 1. The minimum atomic E-state index is -1.23. The lowest BCUT2D eigenvalue weighted by atomic mass is 10.0. The van der Waals surface area contributed by atoms with Gasteiger partial charge in [-0.2, -0.15) is 0 Å². The fraction of sp³-hybridized carbons (Fsp3) is 0.529. The van der Waals surface area contributed by atoms with Gasteiger partial charge < -0.3 is 10.1 Å². The van der Waals surface area contributed by atoms with Crippen molar-refractivity contribution in [3.63, 3.8) is 0 Å². The second kappa shape index (κ2) is 8.84. The van der Waals surface area contributed by atoms with E-state index in [4.69, 9.17) is 0 Å². The number of methoxy groups -OCH3 is 1. The molecule has 1 aromatic carbocycles. The van der Waals surface area contributed by atoms with Crippen molar-refractivity contribution in [2.24, 2.45) is 5.92 Å². The van der Waals surface area contributed by atoms with Crippen LogP contribution < -0.4 is 5.32 Å². The van der Waals surface area contributed by atoms with Crippen molar-refractivity contribution in [3.05, 3.63) is 33.9 Å². The quantitative estimate of drug-likeness (QED) is 0.327. The van der Waals surface area contributed by atoms with Gasteiger partial charge in [-0.3, -0.25) is 14.9 Å². The second-order valence-electron chi connectivity index (χ2n) is 6.54. The zero-order chi connectivity index (χ0) is 19.2. The molecule has 0 spiro atoms. The van der Waals surface area contributed by atoms with Crippen molar-refractivity contribution in [2.75, 3.05) is 12.9 Å². The Morgan fingerprint density at radius 2 is 2.00 bits per heavy atom. The summed E-state index contributed by atoms with van der Waals surface area (Å²) in [6.45, 7) is 7.18. The fourth-order valence-electron chi connectivity index (χ4n) is 1.99. The number of nitrogens with one attached hydrogen (secondary N) is 1. The highest BCUT2D eigenvalue weighted by atomic mass is 32.2. The summed E-state index contributed by atoms with van der Waals surface area (Å²) in [5.74, 6) is 0.102. The molecule has 0 atom stereocenters. The Kier molecular flexibility index (Phi) is 7.41. The lowest BCUT2D eigenvalue weighted by molar-refractivity contribution is -0.387. The van der Waals surface area contributed by atoms with Crippen LogP contribution in [0.3, 0.4) is 0 Å². The molecule has 1 amide bonds. The van der Waals surface area contributed by atoms with Crippen LogP contribution in [-0.2, 0) is 9.53 Å². The molecule has 0 aromatic heterocycles. The first-order valence-corrected chi connectivity index (χ1v) is 8.89. The molecule has 0 saturated carbocycles. The molecule has 8 heteroatoms. The summed E-state index contributed by atoms with van der Waals surface area (Å²) in [6.07, 6.45) is 0.942. The first-order chi connectivity index (χ1) is 11.6. The van der Waals surface area contributed by atoms with E-state index in [1.54, 1.807) is 6.07 Å². The highest BCUT2D eigenvalue weighted by Crippen LogP contribution is 2.31. The molecule has 1 rings (SSSR count). The Balaban J connectivity index is 2.98. The predicted octanol–water partition coefficient (Wildman–Crippen LogP) is 3.41. The summed E-state index contributed by atoms with van der Waals surface area (Å²) in [6, 6.07) is 4.33. The number of thioether (sulfide) groups is 1. The van der Waals surface area contributed by atoms with Crippen LogP contribution in [0.25, 0.3) is 0 Å². The molecule has 7 nitrogen and oxygen atoms in total. The van der Waals surface area contributed by atoms with E-state index in [9.17, 15) is 19.7 Å². The second-order valence-corrected chi connectivity index (χ2v) is 7.68. The Bertz CT molecular complexity index is 658. The van der Waals surface area contributed by atoms with Crippen molar-refractivity contribution < 1.29 is 19.2 Å². The highest BCUT2D eigenvalue weighted by Gasteiger charge is 2.31. The number of nitro benzene ring substituents is 1. The number of hydrogen-bond acceptors (Lipinski definition) is 6. The zero-order valence-electron chi connectivity index (χ0n) is 15.1. The van der Waals surface area contributed by atoms with Crippen LogP contribution in [0.15, 0.2) is 23.1 Å². The number of amides is 1. The van der Waals surface area contributed by atoms with Crippen molar-refractivity contribution in [1.29, 1.82) is 0 Å². The van der Waals surface area contributed by atoms with Gasteiger partial charge in [0.25, 0.3) is 11.6 Å². The van der Waals surface area contributed by atoms with Gasteiger partial charge in [0.15, 0.2) is 0 Å². The summed E-state index contributed by atoms with van der Waals surface area (Å²) in [7, 11) is 1.23. The molecule has 0 aliphatic heterocycles. The molecule has 0 unspecified atom stereocenters. The Morgan fingerprint density at radius 3 is 2.52 bits per heavy atom. The van der Waals surface area contributed by atoms with E-state index in [0.717, 1.165) is 12.2 Å². The van der Waals surface area contributed by atoms with Crippen LogP contribution in [0.4, 0.5) is 5.69 Å². The number of carbonyl (C=O) groups is 2. The van der Waals surface area contributed by atoms with Crippen LogP contribution in [0.1, 0.15) is 44.5 Å². The molecule has 138 valence electrons. The van der Waals surface area contributed by atoms with Gasteiger partial charge in [-0.25, -0.2) is 4.79 Å². The Morgan fingerprint density at radius 1 is 1.36 bits per heavy atom. The molecule has 0 saturated heterocycles. The number of nitro groups is 1. The average molecular weight is 368 g/mol. The van der Waals surface area contributed by atoms with Crippen molar-refractivity contribution in [1.82, 2.24) is 5.32 Å². The van der Waals surface area contributed by atoms with E-state index in [-0.39, 0.29) is 11.3 Å². The summed E-state index contributed by atoms with van der Waals surface area (Å²) < 4.78 is 4.63. The third kappa shape index (κ3) is 6.04. The number of hydrogen-bond donors (Lipinski definition) is 1. The first kappa shape index (κ1) is 21.0. The van der Waals surface area contributed by atoms with E-state index in [1.165, 1.54) is 44.9 Å². The SMILES string of the molecule is COC(=O)C(C)(C)NC(=O)c1ccc(SCCC(C)C)c([N+](=O)[O-])c1. The lowest BCUT2D eigenvalue weighted by Gasteiger charge is -2.23. The minimum absolute atomic E-state index is 0.114. The maximum Gasteiger partial charge on any atom is 0.330 e. The number of rotatable bonds is 8. The van der Waals surface area contributed by atoms with Gasteiger partial charge in [0.05, 0.1) is 16.9 Å². The molecular formula is C17H24N2O5S. The molecule has 0 heterocycles. The van der Waals surface area contributed by atoms with Crippen LogP contribution in [-0.4, -0.2) is 35.2 Å². The third-order valence-electron chi connectivity index (χ3n) is 3.49. The largest absolute Gasteiger partial charge is 0.467 e. The molecule has 0 aliphatic rings. The van der Waals surface area contributed by atoms with E-state index in [0.29, 0.717) is 10.8 Å². The van der Waals surface area contributed by atoms with Gasteiger partial charge >= 0.3 is 5.97 Å². The van der Waals surface area contributed by atoms with Crippen molar-refractivity contribution in [2.45, 2.75) is 44.6 Å². The van der Waals surface area contributed by atoms with Crippen molar-refractivity contribution in [3.8, 4) is 0 Å². The molecule has 1 N–H and O–H groups in total. The topological polar surface area (TPSA) is 98.5 Å². The number of nitrogens with zero attached hydrogens (tertiary/aromatic N) is 1. The summed E-state index contributed by atoms with van der Waals surface area (Å²) in [5, 5.41) is 13.8. The summed E-state index contributed by atoms with van der Waals surface area (Å²) >= 11 is 1.40. The third-order valence-corrected chi connectivity index (χ3v) is 4.59. The predicted molar refractivity (Wildman–Crippen MR) is 96.8 cm³/mol. The lowest BCUT2D eigenvalue weighted by Crippen LogP contribution is -2.50. The van der Waals surface area contributed by atoms with Crippen molar-refractivity contribution >= 4 is 29.3 Å². The van der Waals surface area contributed by atoms with Crippen LogP contribution >= 0.6 is 11.8 Å². The molecule has 0 bridgehead atoms. The van der Waals surface area contributed by atoms with Crippen LogP contribution in [0.5, 0.6) is 0 Å². The molecular weight excluding hydrogens is 344 g/mol. The van der Waals surface area contributed by atoms with E-state index >= 15 is 0 Å². The first-order valence-electron chi connectivity index (χ1n) is 7.90. The number of benzene rings is 1. The highest BCUT2D eigenvalue weighted by molar-refractivity contribution is 7.99. The minimum Gasteiger partial charge on any atom is -0.467 e. The van der Waals surface area contributed by atoms with Gasteiger partial charge in [0, 0.05) is 11.6 Å². The number of esters is 1. The van der Waals surface area contributed by atoms with E-state index < -0.39 is 22.3 Å². The van der Waals surface area contributed by atoms with Gasteiger partial charge in [-0.15, -0.1) is 11.8 Å².